The molecule has 0 aliphatic heterocycles. The minimum atomic E-state index is 0.569. The summed E-state index contributed by atoms with van der Waals surface area (Å²) in [7, 11) is 0. The first-order chi connectivity index (χ1) is 5.29. The summed E-state index contributed by atoms with van der Waals surface area (Å²) >= 11 is 3.46. The van der Waals surface area contributed by atoms with Crippen LogP contribution in [0.5, 0.6) is 0 Å². The first-order valence-corrected chi connectivity index (χ1v) is 4.77. The van der Waals surface area contributed by atoms with Crippen molar-refractivity contribution in [3.05, 3.63) is 16.9 Å². The van der Waals surface area contributed by atoms with Gasteiger partial charge in [0.25, 0.3) is 0 Å². The third-order valence-electron chi connectivity index (χ3n) is 2.31. The van der Waals surface area contributed by atoms with Crippen molar-refractivity contribution in [2.24, 2.45) is 5.92 Å². The molecule has 60 valence electrons. The summed E-state index contributed by atoms with van der Waals surface area (Å²) in [5, 5.41) is 4.25. The molecule has 1 aliphatic rings. The number of rotatable bonds is 2. The minimum absolute atomic E-state index is 0.569. The fraction of sp³-hybridized carbons (Fsp3) is 0.625. The van der Waals surface area contributed by atoms with E-state index in [1.165, 1.54) is 12.8 Å². The quantitative estimate of drug-likeness (QED) is 0.741. The van der Waals surface area contributed by atoms with Gasteiger partial charge in [-0.05, 0) is 47.7 Å². The molecule has 1 aromatic heterocycles. The van der Waals surface area contributed by atoms with Crippen molar-refractivity contribution in [1.82, 2.24) is 9.78 Å². The molecular formula is C8H11BrN2. The Balaban J connectivity index is 2.20. The zero-order valence-electron chi connectivity index (χ0n) is 6.50. The van der Waals surface area contributed by atoms with Crippen molar-refractivity contribution in [2.75, 3.05) is 0 Å². The van der Waals surface area contributed by atoms with Gasteiger partial charge in [-0.15, -0.1) is 0 Å². The Morgan fingerprint density at radius 2 is 2.45 bits per heavy atom. The monoisotopic (exact) mass is 214 g/mol. The van der Waals surface area contributed by atoms with Crippen LogP contribution in [-0.4, -0.2) is 9.78 Å². The van der Waals surface area contributed by atoms with Gasteiger partial charge in [0.2, 0.25) is 0 Å². The van der Waals surface area contributed by atoms with Gasteiger partial charge in [0.1, 0.15) is 4.60 Å². The van der Waals surface area contributed by atoms with E-state index in [2.05, 4.69) is 32.6 Å². The Morgan fingerprint density at radius 1 is 1.73 bits per heavy atom. The highest BCUT2D eigenvalue weighted by atomic mass is 79.9. The number of nitrogens with zero attached hydrogens (tertiary/aromatic N) is 2. The standard InChI is InChI=1S/C8H11BrN2/c1-6(7-2-3-7)11-8(9)4-5-10-11/h4-7H,2-3H2,1H3. The average molecular weight is 215 g/mol. The van der Waals surface area contributed by atoms with Crippen LogP contribution in [0.2, 0.25) is 0 Å². The maximum Gasteiger partial charge on any atom is 0.104 e. The molecule has 3 heteroatoms. The predicted octanol–water partition coefficient (Wildman–Crippen LogP) is 2.62. The molecule has 0 amide bonds. The molecule has 0 aromatic carbocycles. The zero-order chi connectivity index (χ0) is 7.84. The molecular weight excluding hydrogens is 204 g/mol. The maximum absolute atomic E-state index is 4.25. The van der Waals surface area contributed by atoms with Crippen molar-refractivity contribution in [1.29, 1.82) is 0 Å². The Labute approximate surface area is 74.7 Å². The largest absolute Gasteiger partial charge is 0.255 e. The molecule has 0 bridgehead atoms. The molecule has 1 saturated carbocycles. The van der Waals surface area contributed by atoms with Crippen LogP contribution in [0, 0.1) is 5.92 Å². The third-order valence-corrected chi connectivity index (χ3v) is 2.94. The number of halogens is 1. The zero-order valence-corrected chi connectivity index (χ0v) is 8.08. The molecule has 2 rings (SSSR count). The summed E-state index contributed by atoms with van der Waals surface area (Å²) in [4.78, 5) is 0. The van der Waals surface area contributed by atoms with Crippen LogP contribution >= 0.6 is 15.9 Å². The highest BCUT2D eigenvalue weighted by molar-refractivity contribution is 9.10. The van der Waals surface area contributed by atoms with E-state index in [4.69, 9.17) is 0 Å². The summed E-state index contributed by atoms with van der Waals surface area (Å²) in [5.74, 6) is 0.867. The summed E-state index contributed by atoms with van der Waals surface area (Å²) in [6.45, 7) is 2.23. The highest BCUT2D eigenvalue weighted by Gasteiger charge is 2.30. The summed E-state index contributed by atoms with van der Waals surface area (Å²) in [6, 6.07) is 2.55. The fourth-order valence-electron chi connectivity index (χ4n) is 1.38. The molecule has 1 fully saturated rings. The van der Waals surface area contributed by atoms with Gasteiger partial charge in [-0.25, -0.2) is 0 Å². The average Bonchev–Trinajstić information content (AvgIpc) is 2.74. The molecule has 11 heavy (non-hydrogen) atoms. The Morgan fingerprint density at radius 3 is 2.91 bits per heavy atom. The second-order valence-electron chi connectivity index (χ2n) is 3.18. The van der Waals surface area contributed by atoms with Crippen LogP contribution in [0.25, 0.3) is 0 Å². The minimum Gasteiger partial charge on any atom is -0.255 e. The van der Waals surface area contributed by atoms with Gasteiger partial charge in [0.05, 0.1) is 12.2 Å². The topological polar surface area (TPSA) is 17.8 Å². The lowest BCUT2D eigenvalue weighted by Crippen LogP contribution is -2.08. The van der Waals surface area contributed by atoms with E-state index < -0.39 is 0 Å². The van der Waals surface area contributed by atoms with Gasteiger partial charge in [-0.1, -0.05) is 0 Å². The van der Waals surface area contributed by atoms with Gasteiger partial charge >= 0.3 is 0 Å². The number of hydrogen-bond donors (Lipinski definition) is 0. The predicted molar refractivity (Wildman–Crippen MR) is 47.4 cm³/mol. The van der Waals surface area contributed by atoms with Crippen LogP contribution in [-0.2, 0) is 0 Å². The summed E-state index contributed by atoms with van der Waals surface area (Å²) in [6.07, 6.45) is 4.57. The molecule has 1 aliphatic carbocycles. The van der Waals surface area contributed by atoms with Crippen LogP contribution < -0.4 is 0 Å². The van der Waals surface area contributed by atoms with Gasteiger partial charge < -0.3 is 0 Å². The second kappa shape index (κ2) is 2.63. The Bertz CT molecular complexity index is 252. The lowest BCUT2D eigenvalue weighted by Gasteiger charge is -2.11. The highest BCUT2D eigenvalue weighted by Crippen LogP contribution is 2.39. The van der Waals surface area contributed by atoms with Crippen LogP contribution in [0.1, 0.15) is 25.8 Å². The lowest BCUT2D eigenvalue weighted by atomic mass is 10.2. The van der Waals surface area contributed by atoms with E-state index in [-0.39, 0.29) is 0 Å². The first kappa shape index (κ1) is 7.35. The van der Waals surface area contributed by atoms with Crippen LogP contribution in [0.4, 0.5) is 0 Å². The fourth-order valence-corrected chi connectivity index (χ4v) is 1.91. The van der Waals surface area contributed by atoms with Gasteiger partial charge in [0, 0.05) is 0 Å². The van der Waals surface area contributed by atoms with E-state index in [9.17, 15) is 0 Å². The Hall–Kier alpha value is -0.310. The van der Waals surface area contributed by atoms with E-state index in [1.807, 2.05) is 12.3 Å². The number of aromatic nitrogens is 2. The van der Waals surface area contributed by atoms with Crippen molar-refractivity contribution >= 4 is 15.9 Å². The molecule has 0 saturated heterocycles. The molecule has 0 spiro atoms. The smallest absolute Gasteiger partial charge is 0.104 e. The van der Waals surface area contributed by atoms with Gasteiger partial charge in [0.15, 0.2) is 0 Å². The van der Waals surface area contributed by atoms with Gasteiger partial charge in [-0.3, -0.25) is 4.68 Å². The maximum atomic E-state index is 4.25. The van der Waals surface area contributed by atoms with E-state index in [1.54, 1.807) is 0 Å². The molecule has 0 radical (unpaired) electrons. The molecule has 1 aromatic rings. The summed E-state index contributed by atoms with van der Waals surface area (Å²) in [5.41, 5.74) is 0. The van der Waals surface area contributed by atoms with Crippen molar-refractivity contribution in [3.8, 4) is 0 Å². The van der Waals surface area contributed by atoms with Crippen LogP contribution in [0.15, 0.2) is 16.9 Å². The Kier molecular flexibility index (Phi) is 1.75. The third kappa shape index (κ3) is 1.34. The van der Waals surface area contributed by atoms with Crippen molar-refractivity contribution in [2.45, 2.75) is 25.8 Å². The second-order valence-corrected chi connectivity index (χ2v) is 3.99. The first-order valence-electron chi connectivity index (χ1n) is 3.98. The molecule has 0 N–H and O–H groups in total. The normalized spacial score (nSPS) is 20.2. The van der Waals surface area contributed by atoms with E-state index in [0.29, 0.717) is 6.04 Å². The molecule has 1 heterocycles. The van der Waals surface area contributed by atoms with Crippen LogP contribution in [0.3, 0.4) is 0 Å². The van der Waals surface area contributed by atoms with Crippen molar-refractivity contribution < 1.29 is 0 Å². The summed E-state index contributed by atoms with van der Waals surface area (Å²) < 4.78 is 3.15. The van der Waals surface area contributed by atoms with E-state index in [0.717, 1.165) is 10.5 Å². The molecule has 1 unspecified atom stereocenters. The van der Waals surface area contributed by atoms with Crippen molar-refractivity contribution in [3.63, 3.8) is 0 Å². The lowest BCUT2D eigenvalue weighted by molar-refractivity contribution is 0.432. The van der Waals surface area contributed by atoms with E-state index >= 15 is 0 Å². The van der Waals surface area contributed by atoms with Gasteiger partial charge in [-0.2, -0.15) is 5.10 Å². The molecule has 2 nitrogen and oxygen atoms in total. The number of hydrogen-bond acceptors (Lipinski definition) is 1. The molecule has 1 atom stereocenters. The SMILES string of the molecule is CC(C1CC1)n1nccc1Br.